The lowest BCUT2D eigenvalue weighted by molar-refractivity contribution is -0.137. The first-order valence-electron chi connectivity index (χ1n) is 8.25. The van der Waals surface area contributed by atoms with Crippen LogP contribution in [0.4, 0.5) is 0 Å². The van der Waals surface area contributed by atoms with Gasteiger partial charge in [0.05, 0.1) is 21.3 Å². The van der Waals surface area contributed by atoms with E-state index >= 15 is 0 Å². The van der Waals surface area contributed by atoms with Gasteiger partial charge in [-0.2, -0.15) is 0 Å². The fourth-order valence-corrected chi connectivity index (χ4v) is 3.88. The van der Waals surface area contributed by atoms with E-state index in [0.717, 1.165) is 40.0 Å². The van der Waals surface area contributed by atoms with E-state index in [4.69, 9.17) is 4.84 Å². The van der Waals surface area contributed by atoms with Crippen molar-refractivity contribution in [2.75, 3.05) is 13.7 Å². The van der Waals surface area contributed by atoms with Gasteiger partial charge in [0.2, 0.25) is 0 Å². The third-order valence-corrected chi connectivity index (χ3v) is 5.73. The van der Waals surface area contributed by atoms with Crippen molar-refractivity contribution in [3.05, 3.63) is 15.6 Å². The van der Waals surface area contributed by atoms with E-state index < -0.39 is 0 Å². The average Bonchev–Trinajstić information content (AvgIpc) is 2.85. The molecule has 1 aromatic rings. The van der Waals surface area contributed by atoms with Crippen LogP contribution < -0.4 is 0 Å². The highest BCUT2D eigenvalue weighted by atomic mass is 32.1. The van der Waals surface area contributed by atoms with E-state index in [-0.39, 0.29) is 12.5 Å². The maximum Gasteiger partial charge on any atom is 0.263 e. The fourth-order valence-electron chi connectivity index (χ4n) is 3.03. The molecule has 0 aromatic carbocycles. The van der Waals surface area contributed by atoms with E-state index in [9.17, 15) is 4.79 Å². The van der Waals surface area contributed by atoms with E-state index in [1.807, 2.05) is 32.7 Å². The minimum atomic E-state index is -0.00325. The number of likely N-dealkylation sites (N-methyl/N-ethyl adjacent to an activating group) is 1. The summed E-state index contributed by atoms with van der Waals surface area (Å²) in [6.07, 6.45) is 4.57. The zero-order chi connectivity index (χ0) is 17.0. The second kappa shape index (κ2) is 7.90. The molecule has 1 fully saturated rings. The molecule has 0 radical (unpaired) electrons. The molecule has 1 aliphatic carbocycles. The molecule has 0 unspecified atom stereocenters. The Bertz CT molecular complexity index is 574. The summed E-state index contributed by atoms with van der Waals surface area (Å²) < 4.78 is 0. The molecule has 0 bridgehead atoms. The third kappa shape index (κ3) is 4.77. The first kappa shape index (κ1) is 17.9. The number of thiazole rings is 1. The van der Waals surface area contributed by atoms with Crippen LogP contribution in [0.5, 0.6) is 0 Å². The lowest BCUT2D eigenvalue weighted by Gasteiger charge is -2.33. The van der Waals surface area contributed by atoms with Crippen molar-refractivity contribution in [2.45, 2.75) is 59.4 Å². The summed E-state index contributed by atoms with van der Waals surface area (Å²) in [4.78, 5) is 24.7. The normalized spacial score (nSPS) is 22.0. The van der Waals surface area contributed by atoms with Gasteiger partial charge in [-0.3, -0.25) is 4.79 Å². The summed E-state index contributed by atoms with van der Waals surface area (Å²) in [5.41, 5.74) is 1.73. The molecule has 0 N–H and O–H groups in total. The van der Waals surface area contributed by atoms with Gasteiger partial charge in [-0.25, -0.2) is 4.98 Å². The molecule has 6 heteroatoms. The highest BCUT2D eigenvalue weighted by molar-refractivity contribution is 7.13. The van der Waals surface area contributed by atoms with Crippen molar-refractivity contribution < 1.29 is 9.63 Å². The molecule has 1 aromatic heterocycles. The third-order valence-electron chi connectivity index (χ3n) is 4.55. The summed E-state index contributed by atoms with van der Waals surface area (Å²) in [6, 6.07) is 0.346. The SMILES string of the molecule is CC(=NOCC(=O)N(C)C1CCC(C)CC1)c1sc(C)nc1C. The first-order chi connectivity index (χ1) is 10.9. The molecular formula is C17H27N3O2S. The lowest BCUT2D eigenvalue weighted by atomic mass is 9.87. The van der Waals surface area contributed by atoms with Crippen LogP contribution in [-0.4, -0.2) is 41.2 Å². The summed E-state index contributed by atoms with van der Waals surface area (Å²) in [5.74, 6) is 0.780. The number of hydrogen-bond donors (Lipinski definition) is 0. The summed E-state index contributed by atoms with van der Waals surface area (Å²) >= 11 is 1.59. The molecule has 23 heavy (non-hydrogen) atoms. The molecule has 1 saturated carbocycles. The number of oxime groups is 1. The fraction of sp³-hybridized carbons (Fsp3) is 0.706. The molecule has 0 saturated heterocycles. The van der Waals surface area contributed by atoms with E-state index in [1.165, 1.54) is 12.8 Å². The largest absolute Gasteiger partial charge is 0.385 e. The van der Waals surface area contributed by atoms with Gasteiger partial charge in [-0.1, -0.05) is 12.1 Å². The van der Waals surface area contributed by atoms with Gasteiger partial charge in [0.1, 0.15) is 0 Å². The quantitative estimate of drug-likeness (QED) is 0.610. The second-order valence-electron chi connectivity index (χ2n) is 6.52. The predicted molar refractivity (Wildman–Crippen MR) is 93.9 cm³/mol. The van der Waals surface area contributed by atoms with Gasteiger partial charge in [0.15, 0.2) is 6.61 Å². The van der Waals surface area contributed by atoms with Crippen LogP contribution in [0.15, 0.2) is 5.16 Å². The monoisotopic (exact) mass is 337 g/mol. The van der Waals surface area contributed by atoms with Crippen molar-refractivity contribution in [1.82, 2.24) is 9.88 Å². The number of carbonyl (C=O) groups is 1. The van der Waals surface area contributed by atoms with Crippen LogP contribution in [0.3, 0.4) is 0 Å². The highest BCUT2D eigenvalue weighted by Crippen LogP contribution is 2.26. The standard InChI is InChI=1S/C17H27N3O2S/c1-11-6-8-15(9-7-11)20(5)16(21)10-22-19-13(3)17-12(2)18-14(4)23-17/h11,15H,6-10H2,1-5H3. The topological polar surface area (TPSA) is 54.8 Å². The van der Waals surface area contributed by atoms with Gasteiger partial charge >= 0.3 is 0 Å². The molecule has 1 aliphatic rings. The zero-order valence-corrected chi connectivity index (χ0v) is 15.6. The molecule has 0 spiro atoms. The predicted octanol–water partition coefficient (Wildman–Crippen LogP) is 3.54. The number of amides is 1. The van der Waals surface area contributed by atoms with Crippen LogP contribution >= 0.6 is 11.3 Å². The smallest absolute Gasteiger partial charge is 0.263 e. The Morgan fingerprint density at radius 3 is 2.57 bits per heavy atom. The number of aryl methyl sites for hydroxylation is 2. The molecule has 2 rings (SSSR count). The molecule has 5 nitrogen and oxygen atoms in total. The maximum atomic E-state index is 12.2. The van der Waals surface area contributed by atoms with Gasteiger partial charge in [-0.05, 0) is 52.4 Å². The van der Waals surface area contributed by atoms with Crippen LogP contribution in [0.1, 0.15) is 55.1 Å². The van der Waals surface area contributed by atoms with Crippen LogP contribution in [0, 0.1) is 19.8 Å². The number of nitrogens with zero attached hydrogens (tertiary/aromatic N) is 3. The summed E-state index contributed by atoms with van der Waals surface area (Å²) in [7, 11) is 1.87. The molecule has 1 heterocycles. The minimum Gasteiger partial charge on any atom is -0.385 e. The molecule has 0 aliphatic heterocycles. The van der Waals surface area contributed by atoms with Crippen molar-refractivity contribution >= 4 is 23.0 Å². The van der Waals surface area contributed by atoms with Gasteiger partial charge < -0.3 is 9.74 Å². The number of aromatic nitrogens is 1. The zero-order valence-electron chi connectivity index (χ0n) is 14.8. The lowest BCUT2D eigenvalue weighted by Crippen LogP contribution is -2.40. The summed E-state index contributed by atoms with van der Waals surface area (Å²) in [6.45, 7) is 8.09. The Morgan fingerprint density at radius 1 is 1.35 bits per heavy atom. The van der Waals surface area contributed by atoms with Crippen LogP contribution in [-0.2, 0) is 9.63 Å². The van der Waals surface area contributed by atoms with Crippen LogP contribution in [0.25, 0.3) is 0 Å². The highest BCUT2D eigenvalue weighted by Gasteiger charge is 2.24. The minimum absolute atomic E-state index is 0.00156. The molecule has 1 amide bonds. The van der Waals surface area contributed by atoms with Crippen molar-refractivity contribution in [1.29, 1.82) is 0 Å². The van der Waals surface area contributed by atoms with Gasteiger partial charge in [-0.15, -0.1) is 11.3 Å². The Labute approximate surface area is 142 Å². The van der Waals surface area contributed by atoms with E-state index in [2.05, 4.69) is 17.1 Å². The Kier molecular flexibility index (Phi) is 6.16. The number of rotatable bonds is 5. The second-order valence-corrected chi connectivity index (χ2v) is 7.72. The maximum absolute atomic E-state index is 12.2. The van der Waals surface area contributed by atoms with Crippen LogP contribution in [0.2, 0.25) is 0 Å². The first-order valence-corrected chi connectivity index (χ1v) is 9.06. The van der Waals surface area contributed by atoms with Gasteiger partial charge in [0.25, 0.3) is 5.91 Å². The molecule has 0 atom stereocenters. The Hall–Kier alpha value is -1.43. The Balaban J connectivity index is 1.84. The number of hydrogen-bond acceptors (Lipinski definition) is 5. The van der Waals surface area contributed by atoms with Crippen molar-refractivity contribution in [2.24, 2.45) is 11.1 Å². The average molecular weight is 337 g/mol. The summed E-state index contributed by atoms with van der Waals surface area (Å²) in [5, 5.41) is 5.10. The Morgan fingerprint density at radius 2 is 2.00 bits per heavy atom. The molecule has 128 valence electrons. The molecular weight excluding hydrogens is 310 g/mol. The number of carbonyl (C=O) groups excluding carboxylic acids is 1. The van der Waals surface area contributed by atoms with Crippen molar-refractivity contribution in [3.63, 3.8) is 0 Å². The van der Waals surface area contributed by atoms with Crippen molar-refractivity contribution in [3.8, 4) is 0 Å². The van der Waals surface area contributed by atoms with E-state index in [1.54, 1.807) is 11.3 Å². The van der Waals surface area contributed by atoms with Gasteiger partial charge in [0, 0.05) is 13.1 Å². The van der Waals surface area contributed by atoms with E-state index in [0.29, 0.717) is 6.04 Å².